The van der Waals surface area contributed by atoms with E-state index in [-0.39, 0.29) is 11.3 Å². The molecule has 4 heteroatoms. The van der Waals surface area contributed by atoms with Crippen molar-refractivity contribution in [3.8, 4) is 11.1 Å². The van der Waals surface area contributed by atoms with Crippen molar-refractivity contribution < 1.29 is 9.21 Å². The highest BCUT2D eigenvalue weighted by Crippen LogP contribution is 2.36. The Labute approximate surface area is 153 Å². The summed E-state index contributed by atoms with van der Waals surface area (Å²) in [5, 5.41) is 4.57. The molecule has 0 fully saturated rings. The minimum absolute atomic E-state index is 0.00129. The lowest BCUT2D eigenvalue weighted by molar-refractivity contribution is 0.0914. The van der Waals surface area contributed by atoms with Gasteiger partial charge >= 0.3 is 0 Å². The van der Waals surface area contributed by atoms with E-state index in [1.807, 2.05) is 49.4 Å². The molecule has 0 unspecified atom stereocenters. The first-order chi connectivity index (χ1) is 11.7. The van der Waals surface area contributed by atoms with Crippen molar-refractivity contribution in [2.45, 2.75) is 27.7 Å². The minimum Gasteiger partial charge on any atom is -0.450 e. The van der Waals surface area contributed by atoms with Crippen LogP contribution in [0.25, 0.3) is 22.1 Å². The van der Waals surface area contributed by atoms with Crippen molar-refractivity contribution in [2.75, 3.05) is 6.54 Å². The van der Waals surface area contributed by atoms with Crippen LogP contribution in [0.2, 0.25) is 5.02 Å². The molecule has 1 heterocycles. The third-order valence-corrected chi connectivity index (χ3v) is 4.21. The van der Waals surface area contributed by atoms with E-state index in [4.69, 9.17) is 16.0 Å². The summed E-state index contributed by atoms with van der Waals surface area (Å²) in [5.74, 6) is 0.140. The van der Waals surface area contributed by atoms with Gasteiger partial charge in [-0.25, -0.2) is 0 Å². The molecule has 1 aromatic heterocycles. The lowest BCUT2D eigenvalue weighted by Gasteiger charge is -2.18. The second-order valence-corrected chi connectivity index (χ2v) is 7.99. The van der Waals surface area contributed by atoms with Crippen LogP contribution in [-0.4, -0.2) is 12.5 Å². The van der Waals surface area contributed by atoms with Gasteiger partial charge in [-0.05, 0) is 42.2 Å². The Bertz CT molecular complexity index is 917. The average molecular weight is 356 g/mol. The Balaban J connectivity index is 2.12. The molecule has 3 aromatic rings. The first-order valence-corrected chi connectivity index (χ1v) is 8.70. The van der Waals surface area contributed by atoms with Gasteiger partial charge in [0.05, 0.1) is 0 Å². The Hall–Kier alpha value is -2.26. The number of carbonyl (C=O) groups is 1. The van der Waals surface area contributed by atoms with Crippen LogP contribution in [0.1, 0.15) is 36.9 Å². The zero-order valence-corrected chi connectivity index (χ0v) is 15.7. The van der Waals surface area contributed by atoms with Gasteiger partial charge in [0.15, 0.2) is 0 Å². The van der Waals surface area contributed by atoms with Gasteiger partial charge in [0.25, 0.3) is 5.91 Å². The third kappa shape index (κ3) is 3.88. The number of hydrogen-bond acceptors (Lipinski definition) is 2. The molecule has 0 bridgehead atoms. The monoisotopic (exact) mass is 355 g/mol. The molecule has 0 aliphatic rings. The molecule has 1 N–H and O–H groups in total. The number of amides is 1. The van der Waals surface area contributed by atoms with Crippen molar-refractivity contribution in [3.05, 3.63) is 58.8 Å². The number of fused-ring (bicyclic) bond motifs is 1. The van der Waals surface area contributed by atoms with Crippen LogP contribution in [0, 0.1) is 12.3 Å². The van der Waals surface area contributed by atoms with E-state index < -0.39 is 0 Å². The van der Waals surface area contributed by atoms with E-state index >= 15 is 0 Å². The molecular weight excluding hydrogens is 334 g/mol. The molecule has 0 atom stereocenters. The lowest BCUT2D eigenvalue weighted by Crippen LogP contribution is -2.32. The second-order valence-electron chi connectivity index (χ2n) is 7.56. The number of rotatable bonds is 3. The van der Waals surface area contributed by atoms with Crippen molar-refractivity contribution >= 4 is 28.5 Å². The minimum atomic E-state index is -0.200. The number of furan rings is 1. The van der Waals surface area contributed by atoms with Gasteiger partial charge in [-0.2, -0.15) is 0 Å². The van der Waals surface area contributed by atoms with Crippen molar-refractivity contribution in [1.29, 1.82) is 0 Å². The number of halogens is 1. The predicted molar refractivity (Wildman–Crippen MR) is 103 cm³/mol. The highest BCUT2D eigenvalue weighted by molar-refractivity contribution is 6.30. The van der Waals surface area contributed by atoms with Crippen LogP contribution in [0.15, 0.2) is 46.9 Å². The summed E-state index contributed by atoms with van der Waals surface area (Å²) in [7, 11) is 0. The number of aryl methyl sites for hydroxylation is 1. The molecule has 130 valence electrons. The van der Waals surface area contributed by atoms with Gasteiger partial charge in [0.1, 0.15) is 5.58 Å². The normalized spacial score (nSPS) is 11.7. The Morgan fingerprint density at radius 1 is 1.12 bits per heavy atom. The van der Waals surface area contributed by atoms with Gasteiger partial charge < -0.3 is 9.73 Å². The fraction of sp³-hybridized carbons (Fsp3) is 0.286. The van der Waals surface area contributed by atoms with Gasteiger partial charge in [-0.3, -0.25) is 4.79 Å². The molecule has 1 amide bonds. The summed E-state index contributed by atoms with van der Waals surface area (Å²) in [6.45, 7) is 8.83. The Kier molecular flexibility index (Phi) is 4.61. The van der Waals surface area contributed by atoms with Gasteiger partial charge in [0.2, 0.25) is 5.76 Å². The lowest BCUT2D eigenvalue weighted by atomic mass is 9.96. The van der Waals surface area contributed by atoms with Crippen LogP contribution < -0.4 is 5.32 Å². The third-order valence-electron chi connectivity index (χ3n) is 3.96. The fourth-order valence-electron chi connectivity index (χ4n) is 2.70. The predicted octanol–water partition coefficient (Wildman–Crippen LogP) is 5.84. The molecule has 0 aliphatic carbocycles. The molecule has 0 saturated carbocycles. The zero-order chi connectivity index (χ0) is 18.2. The molecule has 0 saturated heterocycles. The first-order valence-electron chi connectivity index (χ1n) is 8.32. The van der Waals surface area contributed by atoms with E-state index in [1.54, 1.807) is 0 Å². The number of carbonyl (C=O) groups excluding carboxylic acids is 1. The maximum atomic E-state index is 12.8. The van der Waals surface area contributed by atoms with Gasteiger partial charge in [0, 0.05) is 22.5 Å². The highest BCUT2D eigenvalue weighted by atomic mass is 35.5. The Morgan fingerprint density at radius 3 is 2.44 bits per heavy atom. The standard InChI is InChI=1S/C21H22ClNO2/c1-13-5-10-17-16(11-13)18(14-6-8-15(22)9-7-14)19(25-17)20(24)23-12-21(2,3)4/h5-11H,12H2,1-4H3,(H,23,24). The number of hydrogen-bond donors (Lipinski definition) is 1. The van der Waals surface area contributed by atoms with Gasteiger partial charge in [-0.1, -0.05) is 56.1 Å². The van der Waals surface area contributed by atoms with E-state index in [1.165, 1.54) is 0 Å². The summed E-state index contributed by atoms with van der Waals surface area (Å²) < 4.78 is 5.92. The van der Waals surface area contributed by atoms with Crippen molar-refractivity contribution in [2.24, 2.45) is 5.41 Å². The van der Waals surface area contributed by atoms with E-state index in [2.05, 4.69) is 26.1 Å². The van der Waals surface area contributed by atoms with Crippen molar-refractivity contribution in [1.82, 2.24) is 5.32 Å². The molecule has 25 heavy (non-hydrogen) atoms. The van der Waals surface area contributed by atoms with E-state index in [0.29, 0.717) is 22.9 Å². The van der Waals surface area contributed by atoms with Crippen LogP contribution in [0.5, 0.6) is 0 Å². The van der Waals surface area contributed by atoms with Crippen molar-refractivity contribution in [3.63, 3.8) is 0 Å². The largest absolute Gasteiger partial charge is 0.450 e. The summed E-state index contributed by atoms with van der Waals surface area (Å²) in [5.41, 5.74) is 3.54. The van der Waals surface area contributed by atoms with Crippen LogP contribution in [0.4, 0.5) is 0 Å². The molecule has 0 radical (unpaired) electrons. The Morgan fingerprint density at radius 2 is 1.80 bits per heavy atom. The maximum absolute atomic E-state index is 12.8. The summed E-state index contributed by atoms with van der Waals surface area (Å²) in [4.78, 5) is 12.8. The average Bonchev–Trinajstić information content (AvgIpc) is 2.91. The number of nitrogens with one attached hydrogen (secondary N) is 1. The highest BCUT2D eigenvalue weighted by Gasteiger charge is 2.23. The molecular formula is C21H22ClNO2. The summed E-state index contributed by atoms with van der Waals surface area (Å²) >= 11 is 6.02. The molecule has 2 aromatic carbocycles. The van der Waals surface area contributed by atoms with Crippen LogP contribution in [-0.2, 0) is 0 Å². The van der Waals surface area contributed by atoms with Crippen LogP contribution in [0.3, 0.4) is 0 Å². The molecule has 0 spiro atoms. The number of benzene rings is 2. The molecule has 3 nitrogen and oxygen atoms in total. The first kappa shape index (κ1) is 17.6. The molecule has 3 rings (SSSR count). The van der Waals surface area contributed by atoms with E-state index in [9.17, 15) is 4.79 Å². The second kappa shape index (κ2) is 6.57. The smallest absolute Gasteiger partial charge is 0.287 e. The van der Waals surface area contributed by atoms with Crippen LogP contribution >= 0.6 is 11.6 Å². The topological polar surface area (TPSA) is 42.2 Å². The SMILES string of the molecule is Cc1ccc2oc(C(=O)NCC(C)(C)C)c(-c3ccc(Cl)cc3)c2c1. The summed E-state index contributed by atoms with van der Waals surface area (Å²) in [6, 6.07) is 13.4. The summed E-state index contributed by atoms with van der Waals surface area (Å²) in [6.07, 6.45) is 0. The molecule has 0 aliphatic heterocycles. The fourth-order valence-corrected chi connectivity index (χ4v) is 2.83. The van der Waals surface area contributed by atoms with E-state index in [0.717, 1.165) is 22.1 Å². The maximum Gasteiger partial charge on any atom is 0.287 e. The zero-order valence-electron chi connectivity index (χ0n) is 14.9. The quantitative estimate of drug-likeness (QED) is 0.641. The van der Waals surface area contributed by atoms with Gasteiger partial charge in [-0.15, -0.1) is 0 Å².